The van der Waals surface area contributed by atoms with Crippen molar-refractivity contribution in [3.8, 4) is 0 Å². The largest absolute Gasteiger partial charge is 0.316 e. The molecule has 0 spiro atoms. The molecule has 0 rings (SSSR count). The summed E-state index contributed by atoms with van der Waals surface area (Å²) in [6, 6.07) is 0. The van der Waals surface area contributed by atoms with Crippen LogP contribution in [0.2, 0.25) is 5.54 Å². The Morgan fingerprint density at radius 1 is 1.14 bits per heavy atom. The van der Waals surface area contributed by atoms with Gasteiger partial charge in [0.2, 0.25) is 0 Å². The van der Waals surface area contributed by atoms with Gasteiger partial charge < -0.3 is 14.9 Å². The summed E-state index contributed by atoms with van der Waals surface area (Å²) in [5.41, 5.74) is 0.818. The summed E-state index contributed by atoms with van der Waals surface area (Å²) >= 11 is 0. The van der Waals surface area contributed by atoms with E-state index >= 15 is 0 Å². The van der Waals surface area contributed by atoms with E-state index in [0.717, 1.165) is 0 Å². The van der Waals surface area contributed by atoms with E-state index in [0.29, 0.717) is 5.54 Å². The average molecular weight is 217 g/mol. The van der Waals surface area contributed by atoms with E-state index in [2.05, 4.69) is 49.6 Å². The topological polar surface area (TPSA) is 36.1 Å². The molecule has 0 aliphatic carbocycles. The van der Waals surface area contributed by atoms with Crippen LogP contribution in [0.4, 0.5) is 0 Å². The molecule has 0 aliphatic rings. The minimum Gasteiger partial charge on any atom is -0.316 e. The molecule has 1 unspecified atom stereocenters. The van der Waals surface area contributed by atoms with Crippen molar-refractivity contribution in [3.05, 3.63) is 0 Å². The summed E-state index contributed by atoms with van der Waals surface area (Å²) in [5.74, 6) is 0. The first-order chi connectivity index (χ1) is 6.31. The third-order valence-electron chi connectivity index (χ3n) is 2.71. The van der Waals surface area contributed by atoms with Crippen LogP contribution in [-0.2, 0) is 0 Å². The fourth-order valence-corrected chi connectivity index (χ4v) is 5.29. The molecular weight excluding hydrogens is 190 g/mol. The fraction of sp³-hybridized carbons (Fsp3) is 1.00. The normalized spacial score (nSPS) is 15.6. The second-order valence-electron chi connectivity index (χ2n) is 4.99. The van der Waals surface area contributed by atoms with Crippen LogP contribution in [0.5, 0.6) is 0 Å². The highest BCUT2D eigenvalue weighted by atomic mass is 28.4. The van der Waals surface area contributed by atoms with E-state index < -0.39 is 8.56 Å². The van der Waals surface area contributed by atoms with Gasteiger partial charge in [0.1, 0.15) is 0 Å². The molecule has 3 nitrogen and oxygen atoms in total. The van der Waals surface area contributed by atoms with Crippen LogP contribution in [0.3, 0.4) is 0 Å². The van der Waals surface area contributed by atoms with Crippen molar-refractivity contribution >= 4 is 8.56 Å². The van der Waals surface area contributed by atoms with Gasteiger partial charge >= 0.3 is 0 Å². The molecule has 0 aromatic rings. The standard InChI is InChI=1S/C10H27N3Si/c1-8-9(2)14(11-6,12-7)13-10(3,4)5/h9,11-13H,8H2,1-7H3. The predicted molar refractivity (Wildman–Crippen MR) is 66.5 cm³/mol. The lowest BCUT2D eigenvalue weighted by atomic mass is 10.1. The van der Waals surface area contributed by atoms with Crippen molar-refractivity contribution < 1.29 is 0 Å². The Morgan fingerprint density at radius 2 is 1.57 bits per heavy atom. The van der Waals surface area contributed by atoms with Crippen molar-refractivity contribution in [2.24, 2.45) is 0 Å². The minimum absolute atomic E-state index is 0.154. The Hall–Kier alpha value is 0.0969. The summed E-state index contributed by atoms with van der Waals surface area (Å²) in [6.07, 6.45) is 1.19. The van der Waals surface area contributed by atoms with E-state index in [1.54, 1.807) is 0 Å². The highest BCUT2D eigenvalue weighted by Crippen LogP contribution is 2.19. The minimum atomic E-state index is -1.73. The third-order valence-corrected chi connectivity index (χ3v) is 7.32. The smallest absolute Gasteiger partial charge is 0.284 e. The Bertz CT molecular complexity index is 161. The molecule has 0 bridgehead atoms. The maximum Gasteiger partial charge on any atom is 0.284 e. The fourth-order valence-electron chi connectivity index (χ4n) is 1.76. The number of nitrogens with one attached hydrogen (secondary N) is 3. The van der Waals surface area contributed by atoms with E-state index in [1.165, 1.54) is 6.42 Å². The molecular formula is C10H27N3Si. The summed E-state index contributed by atoms with van der Waals surface area (Å²) < 4.78 is 0. The van der Waals surface area contributed by atoms with E-state index in [4.69, 9.17) is 0 Å². The Kier molecular flexibility index (Phi) is 5.29. The molecule has 0 heterocycles. The van der Waals surface area contributed by atoms with Crippen LogP contribution < -0.4 is 14.9 Å². The van der Waals surface area contributed by atoms with Crippen LogP contribution in [0.15, 0.2) is 0 Å². The molecule has 3 N–H and O–H groups in total. The Balaban J connectivity index is 4.70. The molecule has 14 heavy (non-hydrogen) atoms. The number of hydrogen-bond acceptors (Lipinski definition) is 3. The Morgan fingerprint density at radius 3 is 1.79 bits per heavy atom. The van der Waals surface area contributed by atoms with Gasteiger partial charge in [0, 0.05) is 5.54 Å². The predicted octanol–water partition coefficient (Wildman–Crippen LogP) is 1.55. The zero-order valence-corrected chi connectivity index (χ0v) is 11.8. The lowest BCUT2D eigenvalue weighted by molar-refractivity contribution is 0.487. The van der Waals surface area contributed by atoms with Gasteiger partial charge in [-0.05, 0) is 40.4 Å². The van der Waals surface area contributed by atoms with Crippen molar-refractivity contribution in [1.82, 2.24) is 14.9 Å². The highest BCUT2D eigenvalue weighted by Gasteiger charge is 2.39. The molecule has 0 saturated heterocycles. The highest BCUT2D eigenvalue weighted by molar-refractivity contribution is 6.74. The molecule has 0 aromatic carbocycles. The second kappa shape index (κ2) is 5.26. The second-order valence-corrected chi connectivity index (χ2v) is 8.84. The van der Waals surface area contributed by atoms with Gasteiger partial charge in [0.25, 0.3) is 8.56 Å². The maximum atomic E-state index is 3.74. The van der Waals surface area contributed by atoms with Crippen LogP contribution in [-0.4, -0.2) is 28.2 Å². The molecule has 0 amide bonds. The average Bonchev–Trinajstić information content (AvgIpc) is 2.11. The first-order valence-corrected chi connectivity index (χ1v) is 7.56. The van der Waals surface area contributed by atoms with Gasteiger partial charge in [0.05, 0.1) is 0 Å². The first kappa shape index (κ1) is 14.1. The summed E-state index contributed by atoms with van der Waals surface area (Å²) in [5, 5.41) is 0. The summed E-state index contributed by atoms with van der Waals surface area (Å²) in [7, 11) is 2.37. The van der Waals surface area contributed by atoms with Crippen LogP contribution in [0, 0.1) is 0 Å². The van der Waals surface area contributed by atoms with Crippen molar-refractivity contribution in [3.63, 3.8) is 0 Å². The Labute approximate surface area is 90.3 Å². The summed E-state index contributed by atoms with van der Waals surface area (Å²) in [4.78, 5) is 10.7. The molecule has 0 radical (unpaired) electrons. The zero-order valence-electron chi connectivity index (χ0n) is 10.8. The summed E-state index contributed by atoms with van der Waals surface area (Å²) in [6.45, 7) is 11.2. The molecule has 0 saturated carbocycles. The number of rotatable bonds is 5. The molecule has 86 valence electrons. The van der Waals surface area contributed by atoms with Gasteiger partial charge in [0.15, 0.2) is 0 Å². The maximum absolute atomic E-state index is 3.74. The van der Waals surface area contributed by atoms with Gasteiger partial charge in [-0.25, -0.2) is 0 Å². The zero-order chi connectivity index (χ0) is 11.4. The molecule has 0 aromatic heterocycles. The van der Waals surface area contributed by atoms with Gasteiger partial charge in [-0.3, -0.25) is 0 Å². The molecule has 0 aliphatic heterocycles. The molecule has 4 heteroatoms. The van der Waals surface area contributed by atoms with Crippen molar-refractivity contribution in [1.29, 1.82) is 0 Å². The van der Waals surface area contributed by atoms with E-state index in [1.807, 2.05) is 14.1 Å². The monoisotopic (exact) mass is 217 g/mol. The lowest BCUT2D eigenvalue weighted by Crippen LogP contribution is -2.76. The van der Waals surface area contributed by atoms with E-state index in [9.17, 15) is 0 Å². The van der Waals surface area contributed by atoms with Gasteiger partial charge in [-0.15, -0.1) is 0 Å². The van der Waals surface area contributed by atoms with Crippen molar-refractivity contribution in [2.45, 2.75) is 52.1 Å². The van der Waals surface area contributed by atoms with Crippen molar-refractivity contribution in [2.75, 3.05) is 14.1 Å². The van der Waals surface area contributed by atoms with Gasteiger partial charge in [-0.1, -0.05) is 20.3 Å². The lowest BCUT2D eigenvalue weighted by Gasteiger charge is -2.41. The van der Waals surface area contributed by atoms with Gasteiger partial charge in [-0.2, -0.15) is 0 Å². The first-order valence-electron chi connectivity index (χ1n) is 5.48. The SMILES string of the molecule is CCC(C)[Si](NC)(NC)NC(C)(C)C. The third kappa shape index (κ3) is 3.69. The molecule has 0 fully saturated rings. The van der Waals surface area contributed by atoms with Crippen LogP contribution in [0.25, 0.3) is 0 Å². The quantitative estimate of drug-likeness (QED) is 0.612. The number of hydrogen-bond donors (Lipinski definition) is 3. The van der Waals surface area contributed by atoms with Crippen LogP contribution >= 0.6 is 0 Å². The van der Waals surface area contributed by atoms with Crippen LogP contribution in [0.1, 0.15) is 41.0 Å². The molecule has 1 atom stereocenters. The van der Waals surface area contributed by atoms with E-state index in [-0.39, 0.29) is 5.54 Å².